The first-order chi connectivity index (χ1) is 8.52. The van der Waals surface area contributed by atoms with Gasteiger partial charge in [-0.1, -0.05) is 0 Å². The summed E-state index contributed by atoms with van der Waals surface area (Å²) in [7, 11) is 0. The predicted octanol–water partition coefficient (Wildman–Crippen LogP) is 1.61. The van der Waals surface area contributed by atoms with E-state index < -0.39 is 23.6 Å². The number of esters is 2. The van der Waals surface area contributed by atoms with Crippen LogP contribution in [0.25, 0.3) is 0 Å². The molecule has 0 heterocycles. The van der Waals surface area contributed by atoms with Crippen molar-refractivity contribution in [2.24, 2.45) is 0 Å². The van der Waals surface area contributed by atoms with Crippen molar-refractivity contribution in [1.82, 2.24) is 0 Å². The van der Waals surface area contributed by atoms with Gasteiger partial charge in [-0.25, -0.2) is 18.4 Å². The van der Waals surface area contributed by atoms with Crippen molar-refractivity contribution in [3.05, 3.63) is 35.4 Å². The van der Waals surface area contributed by atoms with Gasteiger partial charge in [0.15, 0.2) is 0 Å². The highest BCUT2D eigenvalue weighted by Gasteiger charge is 2.16. The van der Waals surface area contributed by atoms with Gasteiger partial charge in [-0.3, -0.25) is 0 Å². The lowest BCUT2D eigenvalue weighted by atomic mass is 10.1. The van der Waals surface area contributed by atoms with Gasteiger partial charge in [0.25, 0.3) is 0 Å². The van der Waals surface area contributed by atoms with E-state index >= 15 is 0 Å². The Hall–Kier alpha value is -1.98. The maximum absolute atomic E-state index is 12.8. The normalized spacial score (nSPS) is 9.94. The highest BCUT2D eigenvalue weighted by molar-refractivity contribution is 6.29. The smallest absolute Gasteiger partial charge is 0.417 e. The fourth-order valence-corrected chi connectivity index (χ4v) is 1.27. The van der Waals surface area contributed by atoms with Crippen LogP contribution in [0, 0.1) is 11.6 Å². The summed E-state index contributed by atoms with van der Waals surface area (Å²) in [4.78, 5) is 21.9. The molecule has 0 saturated carbocycles. The average Bonchev–Trinajstić information content (AvgIpc) is 2.27. The number of benzene rings is 1. The van der Waals surface area contributed by atoms with Gasteiger partial charge in [0.2, 0.25) is 0 Å². The number of ether oxygens (including phenoxy) is 2. The van der Waals surface area contributed by atoms with E-state index in [1.807, 2.05) is 0 Å². The largest absolute Gasteiger partial charge is 0.458 e. The molecule has 98 valence electrons. The molecule has 4 nitrogen and oxygen atoms in total. The first kappa shape index (κ1) is 14.1. The van der Waals surface area contributed by atoms with Crippen molar-refractivity contribution in [3.63, 3.8) is 0 Å². The quantitative estimate of drug-likeness (QED) is 0.608. The molecule has 0 fully saturated rings. The summed E-state index contributed by atoms with van der Waals surface area (Å²) in [6.45, 7) is 1.48. The molecule has 0 spiro atoms. The van der Waals surface area contributed by atoms with Gasteiger partial charge >= 0.3 is 11.9 Å². The standard InChI is InChI=1S/C12H12F2O4/c1-2-17-11(15)12(16)18-4-3-8-5-9(13)7-10(14)6-8/h5-7H,2-4H2,1H3. The van der Waals surface area contributed by atoms with Gasteiger partial charge in [0.1, 0.15) is 11.6 Å². The molecule has 1 rings (SSSR count). The molecule has 18 heavy (non-hydrogen) atoms. The van der Waals surface area contributed by atoms with Crippen LogP contribution in [0.2, 0.25) is 0 Å². The lowest BCUT2D eigenvalue weighted by molar-refractivity contribution is -0.167. The van der Waals surface area contributed by atoms with E-state index in [1.54, 1.807) is 6.92 Å². The van der Waals surface area contributed by atoms with Crippen LogP contribution >= 0.6 is 0 Å². The maximum Gasteiger partial charge on any atom is 0.417 e. The highest BCUT2D eigenvalue weighted by atomic mass is 19.1. The van der Waals surface area contributed by atoms with Gasteiger partial charge in [0.05, 0.1) is 13.2 Å². The molecule has 6 heteroatoms. The molecule has 1 aromatic rings. The summed E-state index contributed by atoms with van der Waals surface area (Å²) in [5.41, 5.74) is 0.337. The molecule has 0 bridgehead atoms. The minimum absolute atomic E-state index is 0.0725. The summed E-state index contributed by atoms with van der Waals surface area (Å²) in [6, 6.07) is 3.00. The first-order valence-corrected chi connectivity index (χ1v) is 5.31. The molecular weight excluding hydrogens is 246 g/mol. The summed E-state index contributed by atoms with van der Waals surface area (Å²) in [5.74, 6) is -3.61. The van der Waals surface area contributed by atoms with Gasteiger partial charge in [-0.05, 0) is 24.6 Å². The second-order valence-corrected chi connectivity index (χ2v) is 3.38. The number of carbonyl (C=O) groups excluding carboxylic acids is 2. The number of rotatable bonds is 4. The third-order valence-corrected chi connectivity index (χ3v) is 1.99. The van der Waals surface area contributed by atoms with Crippen LogP contribution in [0.4, 0.5) is 8.78 Å². The zero-order valence-corrected chi connectivity index (χ0v) is 9.74. The van der Waals surface area contributed by atoms with Crippen LogP contribution in [-0.2, 0) is 25.5 Å². The Kier molecular flexibility index (Phi) is 5.23. The summed E-state index contributed by atoms with van der Waals surface area (Å²) >= 11 is 0. The van der Waals surface area contributed by atoms with Crippen molar-refractivity contribution < 1.29 is 27.8 Å². The van der Waals surface area contributed by atoms with E-state index in [1.165, 1.54) is 0 Å². The number of halogens is 2. The van der Waals surface area contributed by atoms with Crippen LogP contribution < -0.4 is 0 Å². The minimum atomic E-state index is -1.12. The van der Waals surface area contributed by atoms with Crippen LogP contribution in [0.3, 0.4) is 0 Å². The van der Waals surface area contributed by atoms with Crippen molar-refractivity contribution in [3.8, 4) is 0 Å². The van der Waals surface area contributed by atoms with Gasteiger partial charge < -0.3 is 9.47 Å². The zero-order chi connectivity index (χ0) is 13.5. The van der Waals surface area contributed by atoms with Crippen molar-refractivity contribution >= 4 is 11.9 Å². The molecule has 1 aromatic carbocycles. The molecule has 0 N–H and O–H groups in total. The Morgan fingerprint density at radius 1 is 1.06 bits per heavy atom. The number of hydrogen-bond donors (Lipinski definition) is 0. The Bertz CT molecular complexity index is 425. The highest BCUT2D eigenvalue weighted by Crippen LogP contribution is 2.08. The second kappa shape index (κ2) is 6.68. The lowest BCUT2D eigenvalue weighted by Gasteiger charge is -2.04. The topological polar surface area (TPSA) is 52.6 Å². The van der Waals surface area contributed by atoms with E-state index in [2.05, 4.69) is 9.47 Å². The third-order valence-electron chi connectivity index (χ3n) is 1.99. The van der Waals surface area contributed by atoms with Gasteiger partial charge in [-0.2, -0.15) is 0 Å². The SMILES string of the molecule is CCOC(=O)C(=O)OCCc1cc(F)cc(F)c1. The summed E-state index contributed by atoms with van der Waals surface area (Å²) in [5, 5.41) is 0. The van der Waals surface area contributed by atoms with E-state index in [4.69, 9.17) is 0 Å². The molecule has 0 aliphatic heterocycles. The molecular formula is C12H12F2O4. The lowest BCUT2D eigenvalue weighted by Crippen LogP contribution is -2.21. The zero-order valence-electron chi connectivity index (χ0n) is 9.74. The van der Waals surface area contributed by atoms with E-state index in [0.717, 1.165) is 18.2 Å². The number of carbonyl (C=O) groups is 2. The fourth-order valence-electron chi connectivity index (χ4n) is 1.27. The van der Waals surface area contributed by atoms with Crippen molar-refractivity contribution in [1.29, 1.82) is 0 Å². The second-order valence-electron chi connectivity index (χ2n) is 3.38. The molecule has 0 aliphatic carbocycles. The van der Waals surface area contributed by atoms with Crippen LogP contribution in [0.1, 0.15) is 12.5 Å². The molecule has 0 amide bonds. The average molecular weight is 258 g/mol. The van der Waals surface area contributed by atoms with Gasteiger partial charge in [0, 0.05) is 12.5 Å². The Labute approximate surface area is 103 Å². The molecule has 0 atom stereocenters. The molecule has 0 unspecified atom stereocenters. The minimum Gasteiger partial charge on any atom is -0.458 e. The number of hydrogen-bond acceptors (Lipinski definition) is 4. The monoisotopic (exact) mass is 258 g/mol. The molecule has 0 aromatic heterocycles. The van der Waals surface area contributed by atoms with Crippen LogP contribution in [0.15, 0.2) is 18.2 Å². The van der Waals surface area contributed by atoms with Gasteiger partial charge in [-0.15, -0.1) is 0 Å². The van der Waals surface area contributed by atoms with E-state index in [0.29, 0.717) is 5.56 Å². The maximum atomic E-state index is 12.8. The molecule has 0 radical (unpaired) electrons. The van der Waals surface area contributed by atoms with Crippen molar-refractivity contribution in [2.75, 3.05) is 13.2 Å². The Morgan fingerprint density at radius 3 is 2.17 bits per heavy atom. The fraction of sp³-hybridized carbons (Fsp3) is 0.333. The third kappa shape index (κ3) is 4.48. The van der Waals surface area contributed by atoms with Crippen molar-refractivity contribution in [2.45, 2.75) is 13.3 Å². The Balaban J connectivity index is 2.42. The van der Waals surface area contributed by atoms with E-state index in [9.17, 15) is 18.4 Å². The Morgan fingerprint density at radius 2 is 1.61 bits per heavy atom. The van der Waals surface area contributed by atoms with Crippen LogP contribution in [0.5, 0.6) is 0 Å². The first-order valence-electron chi connectivity index (χ1n) is 5.31. The summed E-state index contributed by atoms with van der Waals surface area (Å²) in [6.07, 6.45) is 0.111. The molecule has 0 saturated heterocycles. The summed E-state index contributed by atoms with van der Waals surface area (Å²) < 4.78 is 34.6. The molecule has 0 aliphatic rings. The van der Waals surface area contributed by atoms with E-state index in [-0.39, 0.29) is 19.6 Å². The predicted molar refractivity (Wildman–Crippen MR) is 57.7 cm³/mol. The van der Waals surface area contributed by atoms with Crippen LogP contribution in [-0.4, -0.2) is 25.2 Å².